The molecule has 0 aliphatic heterocycles. The molecule has 0 fully saturated rings. The molecule has 0 saturated heterocycles. The molecule has 0 aliphatic carbocycles. The maximum Gasteiger partial charge on any atom is 0.177 e. The van der Waals surface area contributed by atoms with E-state index < -0.39 is 0 Å². The van der Waals surface area contributed by atoms with Gasteiger partial charge >= 0.3 is 0 Å². The van der Waals surface area contributed by atoms with Gasteiger partial charge in [-0.25, -0.2) is 0 Å². The number of ketones is 1. The Morgan fingerprint density at radius 1 is 1.59 bits per heavy atom. The van der Waals surface area contributed by atoms with Crippen LogP contribution in [-0.2, 0) is 0 Å². The van der Waals surface area contributed by atoms with Crippen LogP contribution in [0, 0.1) is 17.2 Å². The number of rotatable bonds is 5. The van der Waals surface area contributed by atoms with Crippen molar-refractivity contribution in [2.24, 2.45) is 5.92 Å². The van der Waals surface area contributed by atoms with Crippen molar-refractivity contribution >= 4 is 27.8 Å². The Kier molecular flexibility index (Phi) is 4.53. The van der Waals surface area contributed by atoms with Crippen LogP contribution in [0.15, 0.2) is 0 Å². The van der Waals surface area contributed by atoms with Gasteiger partial charge in [0.25, 0.3) is 0 Å². The van der Waals surface area contributed by atoms with E-state index in [2.05, 4.69) is 11.4 Å². The molecule has 1 aromatic heterocycles. The number of carbonyl (C=O) groups is 1. The van der Waals surface area contributed by atoms with Gasteiger partial charge in [0.1, 0.15) is 16.6 Å². The van der Waals surface area contributed by atoms with Gasteiger partial charge < -0.3 is 11.1 Å². The number of hydrogen-bond donors (Lipinski definition) is 2. The quantitative estimate of drug-likeness (QED) is 0.789. The fraction of sp³-hybridized carbons (Fsp3) is 0.500. The standard InChI is InChI=1S/C12H17N3OS/c1-4-5-15-12-8(6-13)9(14)11(17-12)10(16)7(2)3/h7,15H,4-5,14H2,1-3H3. The van der Waals surface area contributed by atoms with E-state index >= 15 is 0 Å². The monoisotopic (exact) mass is 251 g/mol. The van der Waals surface area contributed by atoms with Gasteiger partial charge in [0.2, 0.25) is 0 Å². The van der Waals surface area contributed by atoms with E-state index in [0.29, 0.717) is 21.1 Å². The number of nitrogen functional groups attached to an aromatic ring is 1. The van der Waals surface area contributed by atoms with Gasteiger partial charge in [-0.15, -0.1) is 11.3 Å². The molecular formula is C12H17N3OS. The van der Waals surface area contributed by atoms with Crippen molar-refractivity contribution in [3.05, 3.63) is 10.4 Å². The molecule has 1 aromatic rings. The number of thiophene rings is 1. The van der Waals surface area contributed by atoms with Crippen molar-refractivity contribution in [1.29, 1.82) is 5.26 Å². The minimum Gasteiger partial charge on any atom is -0.396 e. The lowest BCUT2D eigenvalue weighted by atomic mass is 10.1. The van der Waals surface area contributed by atoms with E-state index in [1.54, 1.807) is 0 Å². The number of nitrogens with two attached hydrogens (primary N) is 1. The van der Waals surface area contributed by atoms with Crippen molar-refractivity contribution in [1.82, 2.24) is 0 Å². The Morgan fingerprint density at radius 3 is 2.71 bits per heavy atom. The number of nitrogens with one attached hydrogen (secondary N) is 1. The van der Waals surface area contributed by atoms with E-state index in [4.69, 9.17) is 11.0 Å². The van der Waals surface area contributed by atoms with Crippen LogP contribution in [0.4, 0.5) is 10.7 Å². The Balaban J connectivity index is 3.14. The van der Waals surface area contributed by atoms with Gasteiger partial charge in [0.05, 0.1) is 10.6 Å². The molecule has 0 spiro atoms. The average molecular weight is 251 g/mol. The topological polar surface area (TPSA) is 78.9 Å². The number of Topliss-reactive ketones (excluding diaryl/α,β-unsaturated/α-hetero) is 1. The van der Waals surface area contributed by atoms with Crippen LogP contribution in [0.25, 0.3) is 0 Å². The molecule has 4 nitrogen and oxygen atoms in total. The van der Waals surface area contributed by atoms with Crippen molar-refractivity contribution in [2.45, 2.75) is 27.2 Å². The first-order valence-corrected chi connectivity index (χ1v) is 6.45. The first-order chi connectivity index (χ1) is 8.02. The fourth-order valence-corrected chi connectivity index (χ4v) is 2.55. The zero-order chi connectivity index (χ0) is 13.0. The predicted molar refractivity (Wildman–Crippen MR) is 71.4 cm³/mol. The molecule has 0 atom stereocenters. The maximum atomic E-state index is 11.9. The smallest absolute Gasteiger partial charge is 0.177 e. The molecule has 0 bridgehead atoms. The highest BCUT2D eigenvalue weighted by molar-refractivity contribution is 7.19. The third-order valence-electron chi connectivity index (χ3n) is 2.34. The van der Waals surface area contributed by atoms with Crippen molar-refractivity contribution in [2.75, 3.05) is 17.6 Å². The first-order valence-electron chi connectivity index (χ1n) is 5.63. The lowest BCUT2D eigenvalue weighted by Crippen LogP contribution is -2.07. The normalized spacial score (nSPS) is 10.3. The van der Waals surface area contributed by atoms with E-state index in [1.807, 2.05) is 20.8 Å². The van der Waals surface area contributed by atoms with Crippen molar-refractivity contribution in [3.8, 4) is 6.07 Å². The molecule has 0 radical (unpaired) electrons. The largest absolute Gasteiger partial charge is 0.396 e. The third-order valence-corrected chi connectivity index (χ3v) is 3.52. The molecule has 0 amide bonds. The van der Waals surface area contributed by atoms with Gasteiger partial charge in [-0.2, -0.15) is 5.26 Å². The molecule has 0 aromatic carbocycles. The highest BCUT2D eigenvalue weighted by Crippen LogP contribution is 2.36. The Bertz CT molecular complexity index is 457. The molecule has 1 rings (SSSR count). The predicted octanol–water partition coefficient (Wildman–Crippen LogP) is 2.86. The maximum absolute atomic E-state index is 11.9. The Hall–Kier alpha value is -1.54. The van der Waals surface area contributed by atoms with Crippen LogP contribution in [0.3, 0.4) is 0 Å². The third kappa shape index (κ3) is 2.77. The van der Waals surface area contributed by atoms with Crippen LogP contribution in [-0.4, -0.2) is 12.3 Å². The summed E-state index contributed by atoms with van der Waals surface area (Å²) in [6.45, 7) is 6.46. The van der Waals surface area contributed by atoms with Gasteiger partial charge in [0, 0.05) is 12.5 Å². The van der Waals surface area contributed by atoms with Gasteiger partial charge in [-0.1, -0.05) is 20.8 Å². The number of anilines is 2. The zero-order valence-corrected chi connectivity index (χ0v) is 11.1. The summed E-state index contributed by atoms with van der Waals surface area (Å²) in [6.07, 6.45) is 0.954. The van der Waals surface area contributed by atoms with Gasteiger partial charge in [0.15, 0.2) is 5.78 Å². The Morgan fingerprint density at radius 2 is 2.24 bits per heavy atom. The SMILES string of the molecule is CCCNc1sc(C(=O)C(C)C)c(N)c1C#N. The van der Waals surface area contributed by atoms with E-state index in [-0.39, 0.29) is 11.7 Å². The molecule has 0 saturated carbocycles. The molecule has 0 aliphatic rings. The summed E-state index contributed by atoms with van der Waals surface area (Å²) in [7, 11) is 0. The molecule has 0 unspecified atom stereocenters. The lowest BCUT2D eigenvalue weighted by molar-refractivity contribution is 0.0944. The van der Waals surface area contributed by atoms with E-state index in [9.17, 15) is 4.79 Å². The molecule has 17 heavy (non-hydrogen) atoms. The van der Waals surface area contributed by atoms with Gasteiger partial charge in [-0.05, 0) is 6.42 Å². The van der Waals surface area contributed by atoms with Crippen LogP contribution in [0.5, 0.6) is 0 Å². The second-order valence-corrected chi connectivity index (χ2v) is 5.13. The van der Waals surface area contributed by atoms with Crippen molar-refractivity contribution < 1.29 is 4.79 Å². The summed E-state index contributed by atoms with van der Waals surface area (Å²) in [5.41, 5.74) is 6.56. The molecule has 3 N–H and O–H groups in total. The number of nitriles is 1. The molecule has 1 heterocycles. The molecule has 92 valence electrons. The average Bonchev–Trinajstić information content (AvgIpc) is 2.61. The summed E-state index contributed by atoms with van der Waals surface area (Å²) in [5.74, 6) is -0.116. The summed E-state index contributed by atoms with van der Waals surface area (Å²) in [4.78, 5) is 12.4. The van der Waals surface area contributed by atoms with Crippen LogP contribution >= 0.6 is 11.3 Å². The minimum atomic E-state index is -0.110. The molecule has 5 heteroatoms. The summed E-state index contributed by atoms with van der Waals surface area (Å²) >= 11 is 1.28. The summed E-state index contributed by atoms with van der Waals surface area (Å²) < 4.78 is 0. The fourth-order valence-electron chi connectivity index (χ4n) is 1.36. The lowest BCUT2D eigenvalue weighted by Gasteiger charge is -2.01. The van der Waals surface area contributed by atoms with Crippen molar-refractivity contribution in [3.63, 3.8) is 0 Å². The first kappa shape index (κ1) is 13.5. The van der Waals surface area contributed by atoms with E-state index in [1.165, 1.54) is 11.3 Å². The Labute approximate surface area is 105 Å². The van der Waals surface area contributed by atoms with Crippen LogP contribution in [0.2, 0.25) is 0 Å². The molecular weight excluding hydrogens is 234 g/mol. The van der Waals surface area contributed by atoms with Crippen LogP contribution in [0.1, 0.15) is 42.4 Å². The summed E-state index contributed by atoms with van der Waals surface area (Å²) in [6, 6.07) is 2.06. The minimum absolute atomic E-state index is 0.00597. The number of carbonyl (C=O) groups excluding carboxylic acids is 1. The highest BCUT2D eigenvalue weighted by atomic mass is 32.1. The second-order valence-electron chi connectivity index (χ2n) is 4.11. The van der Waals surface area contributed by atoms with Crippen LogP contribution < -0.4 is 11.1 Å². The van der Waals surface area contributed by atoms with E-state index in [0.717, 1.165) is 13.0 Å². The number of nitrogens with zero attached hydrogens (tertiary/aromatic N) is 1. The second kappa shape index (κ2) is 5.69. The number of hydrogen-bond acceptors (Lipinski definition) is 5. The van der Waals surface area contributed by atoms with Gasteiger partial charge in [-0.3, -0.25) is 4.79 Å². The highest BCUT2D eigenvalue weighted by Gasteiger charge is 2.22. The summed E-state index contributed by atoms with van der Waals surface area (Å²) in [5, 5.41) is 12.9. The zero-order valence-electron chi connectivity index (χ0n) is 10.3.